The molecule has 7 nitrogen and oxygen atoms in total. The van der Waals surface area contributed by atoms with E-state index in [9.17, 15) is 4.79 Å². The summed E-state index contributed by atoms with van der Waals surface area (Å²) in [6.07, 6.45) is 0. The highest BCUT2D eigenvalue weighted by atomic mass is 79.9. The molecule has 31 heavy (non-hydrogen) atoms. The van der Waals surface area contributed by atoms with Gasteiger partial charge in [-0.1, -0.05) is 39.3 Å². The van der Waals surface area contributed by atoms with Gasteiger partial charge in [-0.3, -0.25) is 4.79 Å². The highest BCUT2D eigenvalue weighted by Crippen LogP contribution is 2.40. The summed E-state index contributed by atoms with van der Waals surface area (Å²) in [4.78, 5) is 22.9. The fourth-order valence-corrected chi connectivity index (χ4v) is 3.94. The number of rotatable bonds is 7. The van der Waals surface area contributed by atoms with Crippen LogP contribution in [0.3, 0.4) is 0 Å². The number of allylic oxidation sites excluding steroid dienone is 1. The standard InChI is InChI=1S/C23H26BrN5O2/c1-28(2)10-11-29(3)12-13-31-27-21-16-6-4-5-7-18(16)25-22(21)20-17-14-15(24)8-9-19(17)26-23(20)30/h4-9,14,25H,10-13H2,1-3H3,(H,26,30)/b22-20-,27-21+. The molecule has 0 unspecified atom stereocenters. The van der Waals surface area contributed by atoms with Crippen LogP contribution in [0.5, 0.6) is 0 Å². The number of fused-ring (bicyclic) bond motifs is 2. The lowest BCUT2D eigenvalue weighted by atomic mass is 10.0. The Hall–Kier alpha value is -2.68. The molecule has 0 fully saturated rings. The van der Waals surface area contributed by atoms with Gasteiger partial charge in [-0.25, -0.2) is 0 Å². The molecule has 4 rings (SSSR count). The molecular weight excluding hydrogens is 458 g/mol. The van der Waals surface area contributed by atoms with Crippen LogP contribution in [0.4, 0.5) is 11.4 Å². The number of oxime groups is 1. The maximum absolute atomic E-state index is 12.8. The lowest BCUT2D eigenvalue weighted by Gasteiger charge is -2.18. The molecule has 2 aromatic rings. The molecule has 0 bridgehead atoms. The van der Waals surface area contributed by atoms with Crippen molar-refractivity contribution in [2.75, 3.05) is 58.0 Å². The van der Waals surface area contributed by atoms with E-state index >= 15 is 0 Å². The normalized spacial score (nSPS) is 18.4. The van der Waals surface area contributed by atoms with E-state index in [4.69, 9.17) is 4.84 Å². The smallest absolute Gasteiger partial charge is 0.258 e. The van der Waals surface area contributed by atoms with E-state index in [-0.39, 0.29) is 5.91 Å². The van der Waals surface area contributed by atoms with Crippen molar-refractivity contribution in [2.24, 2.45) is 5.16 Å². The zero-order valence-corrected chi connectivity index (χ0v) is 19.5. The van der Waals surface area contributed by atoms with Gasteiger partial charge >= 0.3 is 0 Å². The van der Waals surface area contributed by atoms with Crippen molar-refractivity contribution < 1.29 is 9.63 Å². The SMILES string of the molecule is CN(C)CCN(C)CCO/N=C1/C(=C2/C(=O)Nc3ccc(Br)cc32)Nc2ccccc21. The molecule has 0 aromatic heterocycles. The summed E-state index contributed by atoms with van der Waals surface area (Å²) in [5.41, 5.74) is 5.33. The van der Waals surface area contributed by atoms with Crippen LogP contribution in [0.1, 0.15) is 11.1 Å². The molecule has 0 saturated carbocycles. The second kappa shape index (κ2) is 9.21. The monoisotopic (exact) mass is 483 g/mol. The second-order valence-corrected chi connectivity index (χ2v) is 8.86. The van der Waals surface area contributed by atoms with Gasteiger partial charge in [-0.05, 0) is 45.4 Å². The Morgan fingerprint density at radius 3 is 2.55 bits per heavy atom. The van der Waals surface area contributed by atoms with Crippen LogP contribution in [0.25, 0.3) is 5.57 Å². The predicted octanol–water partition coefficient (Wildman–Crippen LogP) is 3.45. The van der Waals surface area contributed by atoms with Gasteiger partial charge in [0.1, 0.15) is 12.3 Å². The number of para-hydroxylation sites is 1. The summed E-state index contributed by atoms with van der Waals surface area (Å²) in [6, 6.07) is 13.6. The van der Waals surface area contributed by atoms with E-state index < -0.39 is 0 Å². The lowest BCUT2D eigenvalue weighted by Crippen LogP contribution is -2.30. The summed E-state index contributed by atoms with van der Waals surface area (Å²) >= 11 is 3.51. The van der Waals surface area contributed by atoms with E-state index in [1.807, 2.05) is 42.5 Å². The van der Waals surface area contributed by atoms with Crippen LogP contribution < -0.4 is 10.6 Å². The highest BCUT2D eigenvalue weighted by Gasteiger charge is 2.34. The second-order valence-electron chi connectivity index (χ2n) is 7.94. The van der Waals surface area contributed by atoms with Crippen molar-refractivity contribution in [1.82, 2.24) is 9.80 Å². The first-order valence-corrected chi connectivity index (χ1v) is 11.0. The molecule has 0 spiro atoms. The number of amides is 1. The maximum Gasteiger partial charge on any atom is 0.258 e. The molecular formula is C23H26BrN5O2. The summed E-state index contributed by atoms with van der Waals surface area (Å²) in [5, 5.41) is 10.8. The van der Waals surface area contributed by atoms with Gasteiger partial charge in [0, 0.05) is 46.6 Å². The van der Waals surface area contributed by atoms with E-state index in [0.717, 1.165) is 46.6 Å². The fourth-order valence-electron chi connectivity index (χ4n) is 3.58. The Morgan fingerprint density at radius 1 is 0.968 bits per heavy atom. The Morgan fingerprint density at radius 2 is 1.74 bits per heavy atom. The van der Waals surface area contributed by atoms with Gasteiger partial charge in [0.2, 0.25) is 0 Å². The Balaban J connectivity index is 1.60. The Kier molecular flexibility index (Phi) is 6.41. The van der Waals surface area contributed by atoms with Crippen LogP contribution >= 0.6 is 15.9 Å². The quantitative estimate of drug-likeness (QED) is 0.358. The van der Waals surface area contributed by atoms with Crippen molar-refractivity contribution in [3.63, 3.8) is 0 Å². The molecule has 0 radical (unpaired) electrons. The van der Waals surface area contributed by atoms with Gasteiger partial charge in [-0.15, -0.1) is 0 Å². The molecule has 2 heterocycles. The number of hydrogen-bond acceptors (Lipinski definition) is 6. The minimum Gasteiger partial charge on any atom is -0.394 e. The number of carbonyl (C=O) groups is 1. The number of likely N-dealkylation sites (N-methyl/N-ethyl adjacent to an activating group) is 2. The number of carbonyl (C=O) groups excluding carboxylic acids is 1. The number of anilines is 2. The van der Waals surface area contributed by atoms with Crippen molar-refractivity contribution in [3.8, 4) is 0 Å². The molecule has 8 heteroatoms. The van der Waals surface area contributed by atoms with Crippen LogP contribution in [-0.4, -0.2) is 68.8 Å². The zero-order valence-electron chi connectivity index (χ0n) is 17.9. The third-order valence-electron chi connectivity index (χ3n) is 5.30. The largest absolute Gasteiger partial charge is 0.394 e. The Labute approximate surface area is 190 Å². The van der Waals surface area contributed by atoms with Gasteiger partial charge in [0.05, 0.1) is 11.3 Å². The average Bonchev–Trinajstić information content (AvgIpc) is 3.25. The van der Waals surface area contributed by atoms with Crippen molar-refractivity contribution >= 4 is 44.5 Å². The first kappa shape index (κ1) is 21.5. The highest BCUT2D eigenvalue weighted by molar-refractivity contribution is 9.10. The third-order valence-corrected chi connectivity index (χ3v) is 5.80. The lowest BCUT2D eigenvalue weighted by molar-refractivity contribution is -0.110. The molecule has 0 saturated heterocycles. The van der Waals surface area contributed by atoms with Gasteiger partial charge in [0.25, 0.3) is 5.91 Å². The van der Waals surface area contributed by atoms with Crippen LogP contribution in [0.2, 0.25) is 0 Å². The van der Waals surface area contributed by atoms with Crippen LogP contribution in [-0.2, 0) is 9.63 Å². The first-order valence-electron chi connectivity index (χ1n) is 10.2. The molecule has 1 amide bonds. The summed E-state index contributed by atoms with van der Waals surface area (Å²) < 4.78 is 0.909. The fraction of sp³-hybridized carbons (Fsp3) is 0.304. The molecule has 0 aliphatic carbocycles. The van der Waals surface area contributed by atoms with Crippen molar-refractivity contribution in [2.45, 2.75) is 0 Å². The molecule has 2 aromatic carbocycles. The minimum atomic E-state index is -0.153. The average molecular weight is 484 g/mol. The summed E-state index contributed by atoms with van der Waals surface area (Å²) in [7, 11) is 6.19. The topological polar surface area (TPSA) is 69.2 Å². The third kappa shape index (κ3) is 4.66. The van der Waals surface area contributed by atoms with Crippen molar-refractivity contribution in [1.29, 1.82) is 0 Å². The van der Waals surface area contributed by atoms with E-state index in [1.165, 1.54) is 0 Å². The number of hydrogen-bond donors (Lipinski definition) is 2. The molecule has 2 aliphatic rings. The van der Waals surface area contributed by atoms with Crippen LogP contribution in [0.15, 0.2) is 57.8 Å². The zero-order chi connectivity index (χ0) is 22.0. The van der Waals surface area contributed by atoms with E-state index in [2.05, 4.69) is 62.7 Å². The first-order chi connectivity index (χ1) is 14.9. The number of halogens is 1. The van der Waals surface area contributed by atoms with Gasteiger partial charge < -0.3 is 25.3 Å². The number of benzene rings is 2. The summed E-state index contributed by atoms with van der Waals surface area (Å²) in [5.74, 6) is -0.153. The maximum atomic E-state index is 12.8. The van der Waals surface area contributed by atoms with E-state index in [1.54, 1.807) is 0 Å². The molecule has 2 N–H and O–H groups in total. The van der Waals surface area contributed by atoms with Gasteiger partial charge in [0.15, 0.2) is 0 Å². The Bertz CT molecular complexity index is 1060. The van der Waals surface area contributed by atoms with E-state index in [0.29, 0.717) is 23.6 Å². The van der Waals surface area contributed by atoms with Gasteiger partial charge in [-0.2, -0.15) is 0 Å². The predicted molar refractivity (Wildman–Crippen MR) is 128 cm³/mol. The van der Waals surface area contributed by atoms with Crippen molar-refractivity contribution in [3.05, 3.63) is 63.8 Å². The van der Waals surface area contributed by atoms with Crippen LogP contribution in [0, 0.1) is 0 Å². The molecule has 2 aliphatic heterocycles. The minimum absolute atomic E-state index is 0.153. The molecule has 162 valence electrons. The number of nitrogens with one attached hydrogen (secondary N) is 2. The summed E-state index contributed by atoms with van der Waals surface area (Å²) in [6.45, 7) is 3.18. The molecule has 0 atom stereocenters. The number of nitrogens with zero attached hydrogens (tertiary/aromatic N) is 3.